The van der Waals surface area contributed by atoms with Crippen LogP contribution in [-0.2, 0) is 16.0 Å². The standard InChI is InChI=1S/C16H23N3O2/c1-12-10-13-6-4-5-7-14(13)19(12)16(21)11-15(20)17-8-9-18(2)3/h4-7,12H,8-11H2,1-3H3,(H,17,20). The van der Waals surface area contributed by atoms with E-state index in [-0.39, 0.29) is 24.3 Å². The lowest BCUT2D eigenvalue weighted by atomic mass is 10.1. The fraction of sp³-hybridized carbons (Fsp3) is 0.500. The topological polar surface area (TPSA) is 52.7 Å². The fourth-order valence-electron chi connectivity index (χ4n) is 2.65. The Hall–Kier alpha value is -1.88. The van der Waals surface area contributed by atoms with E-state index in [0.717, 1.165) is 18.7 Å². The van der Waals surface area contributed by atoms with Crippen LogP contribution in [0.1, 0.15) is 18.9 Å². The van der Waals surface area contributed by atoms with Gasteiger partial charge in [0, 0.05) is 24.8 Å². The summed E-state index contributed by atoms with van der Waals surface area (Å²) in [5.74, 6) is -0.340. The first-order chi connectivity index (χ1) is 9.99. The van der Waals surface area contributed by atoms with E-state index in [1.807, 2.05) is 50.2 Å². The summed E-state index contributed by atoms with van der Waals surface area (Å²) in [4.78, 5) is 28.0. The van der Waals surface area contributed by atoms with Crippen molar-refractivity contribution in [1.82, 2.24) is 10.2 Å². The molecule has 1 atom stereocenters. The van der Waals surface area contributed by atoms with Crippen molar-refractivity contribution in [3.05, 3.63) is 29.8 Å². The highest BCUT2D eigenvalue weighted by Gasteiger charge is 2.31. The van der Waals surface area contributed by atoms with Gasteiger partial charge in [0.15, 0.2) is 0 Å². The minimum Gasteiger partial charge on any atom is -0.354 e. The van der Waals surface area contributed by atoms with Crippen LogP contribution in [-0.4, -0.2) is 49.9 Å². The average Bonchev–Trinajstić information content (AvgIpc) is 2.73. The van der Waals surface area contributed by atoms with Gasteiger partial charge in [-0.2, -0.15) is 0 Å². The number of rotatable bonds is 5. The summed E-state index contributed by atoms with van der Waals surface area (Å²) < 4.78 is 0. The van der Waals surface area contributed by atoms with Crippen LogP contribution in [0, 0.1) is 0 Å². The van der Waals surface area contributed by atoms with Gasteiger partial charge in [-0.1, -0.05) is 18.2 Å². The molecule has 1 heterocycles. The highest BCUT2D eigenvalue weighted by Crippen LogP contribution is 2.32. The molecule has 0 aromatic heterocycles. The Labute approximate surface area is 125 Å². The first kappa shape index (κ1) is 15.5. The second-order valence-electron chi connectivity index (χ2n) is 5.78. The predicted molar refractivity (Wildman–Crippen MR) is 83.3 cm³/mol. The number of carbonyl (C=O) groups is 2. The largest absolute Gasteiger partial charge is 0.354 e. The molecule has 0 bridgehead atoms. The van der Waals surface area contributed by atoms with Gasteiger partial charge in [0.25, 0.3) is 0 Å². The van der Waals surface area contributed by atoms with Crippen LogP contribution in [0.2, 0.25) is 0 Å². The summed E-state index contributed by atoms with van der Waals surface area (Å²) in [5.41, 5.74) is 2.11. The van der Waals surface area contributed by atoms with Crippen molar-refractivity contribution in [1.29, 1.82) is 0 Å². The van der Waals surface area contributed by atoms with Crippen molar-refractivity contribution in [2.75, 3.05) is 32.1 Å². The third-order valence-electron chi connectivity index (χ3n) is 3.67. The van der Waals surface area contributed by atoms with E-state index in [0.29, 0.717) is 6.54 Å². The van der Waals surface area contributed by atoms with Crippen molar-refractivity contribution >= 4 is 17.5 Å². The molecule has 0 aliphatic carbocycles. The summed E-state index contributed by atoms with van der Waals surface area (Å²) in [6.07, 6.45) is 0.760. The first-order valence-electron chi connectivity index (χ1n) is 7.30. The summed E-state index contributed by atoms with van der Waals surface area (Å²) in [6.45, 7) is 3.34. The zero-order chi connectivity index (χ0) is 15.4. The number of nitrogens with zero attached hydrogens (tertiary/aromatic N) is 2. The first-order valence-corrected chi connectivity index (χ1v) is 7.30. The quantitative estimate of drug-likeness (QED) is 0.824. The van der Waals surface area contributed by atoms with Crippen LogP contribution in [0.25, 0.3) is 0 Å². The summed E-state index contributed by atoms with van der Waals surface area (Å²) in [5, 5.41) is 2.78. The third kappa shape index (κ3) is 3.82. The Kier molecular flexibility index (Phi) is 4.96. The number of para-hydroxylation sites is 1. The van der Waals surface area contributed by atoms with Crippen molar-refractivity contribution < 1.29 is 9.59 Å². The molecule has 1 unspecified atom stereocenters. The SMILES string of the molecule is CC1Cc2ccccc2N1C(=O)CC(=O)NCCN(C)C. The third-order valence-corrected chi connectivity index (χ3v) is 3.67. The van der Waals surface area contributed by atoms with Crippen LogP contribution < -0.4 is 10.2 Å². The van der Waals surface area contributed by atoms with Gasteiger partial charge >= 0.3 is 0 Å². The maximum Gasteiger partial charge on any atom is 0.236 e. The Morgan fingerprint density at radius 3 is 2.76 bits per heavy atom. The Morgan fingerprint density at radius 1 is 1.33 bits per heavy atom. The minimum absolute atomic E-state index is 0.0912. The molecule has 1 N–H and O–H groups in total. The van der Waals surface area contributed by atoms with Gasteiger partial charge in [-0.05, 0) is 39.1 Å². The molecule has 1 aliphatic heterocycles. The molecule has 0 saturated carbocycles. The maximum absolute atomic E-state index is 12.4. The van der Waals surface area contributed by atoms with Crippen LogP contribution in [0.4, 0.5) is 5.69 Å². The van der Waals surface area contributed by atoms with E-state index in [1.54, 1.807) is 4.90 Å². The van der Waals surface area contributed by atoms with Crippen LogP contribution >= 0.6 is 0 Å². The van der Waals surface area contributed by atoms with Gasteiger partial charge in [0.1, 0.15) is 6.42 Å². The molecule has 0 radical (unpaired) electrons. The fourth-order valence-corrected chi connectivity index (χ4v) is 2.65. The molecular formula is C16H23N3O2. The van der Waals surface area contributed by atoms with Crippen molar-refractivity contribution in [3.8, 4) is 0 Å². The van der Waals surface area contributed by atoms with E-state index in [9.17, 15) is 9.59 Å². The van der Waals surface area contributed by atoms with Gasteiger partial charge in [0.05, 0.1) is 0 Å². The van der Waals surface area contributed by atoms with Crippen LogP contribution in [0.5, 0.6) is 0 Å². The molecule has 5 heteroatoms. The van der Waals surface area contributed by atoms with Gasteiger partial charge < -0.3 is 15.1 Å². The average molecular weight is 289 g/mol. The lowest BCUT2D eigenvalue weighted by Crippen LogP contribution is -2.40. The Bertz CT molecular complexity index is 528. The molecule has 0 saturated heterocycles. The Balaban J connectivity index is 1.93. The van der Waals surface area contributed by atoms with Crippen LogP contribution in [0.15, 0.2) is 24.3 Å². The van der Waals surface area contributed by atoms with Crippen LogP contribution in [0.3, 0.4) is 0 Å². The molecule has 2 rings (SSSR count). The van der Waals surface area contributed by atoms with E-state index < -0.39 is 0 Å². The lowest BCUT2D eigenvalue weighted by Gasteiger charge is -2.22. The van der Waals surface area contributed by atoms with E-state index in [1.165, 1.54) is 5.56 Å². The zero-order valence-electron chi connectivity index (χ0n) is 12.9. The molecule has 0 spiro atoms. The zero-order valence-corrected chi connectivity index (χ0v) is 12.9. The summed E-state index contributed by atoms with van der Waals surface area (Å²) in [7, 11) is 3.89. The highest BCUT2D eigenvalue weighted by molar-refractivity contribution is 6.06. The second kappa shape index (κ2) is 6.72. The predicted octanol–water partition coefficient (Wildman–Crippen LogP) is 1.03. The van der Waals surface area contributed by atoms with E-state index in [4.69, 9.17) is 0 Å². The number of nitrogens with one attached hydrogen (secondary N) is 1. The molecular weight excluding hydrogens is 266 g/mol. The molecule has 2 amide bonds. The number of fused-ring (bicyclic) bond motifs is 1. The smallest absolute Gasteiger partial charge is 0.236 e. The van der Waals surface area contributed by atoms with Gasteiger partial charge in [-0.3, -0.25) is 9.59 Å². The van der Waals surface area contributed by atoms with Gasteiger partial charge in [-0.15, -0.1) is 0 Å². The number of hydrogen-bond acceptors (Lipinski definition) is 3. The summed E-state index contributed by atoms with van der Waals surface area (Å²) in [6, 6.07) is 8.00. The molecule has 0 fully saturated rings. The second-order valence-corrected chi connectivity index (χ2v) is 5.78. The van der Waals surface area contributed by atoms with E-state index in [2.05, 4.69) is 5.32 Å². The van der Waals surface area contributed by atoms with Crippen molar-refractivity contribution in [2.24, 2.45) is 0 Å². The number of likely N-dealkylation sites (N-methyl/N-ethyl adjacent to an activating group) is 1. The monoisotopic (exact) mass is 289 g/mol. The number of amides is 2. The number of carbonyl (C=O) groups excluding carboxylic acids is 2. The number of benzene rings is 1. The summed E-state index contributed by atoms with van der Waals surface area (Å²) >= 11 is 0. The number of hydrogen-bond donors (Lipinski definition) is 1. The van der Waals surface area contributed by atoms with Gasteiger partial charge in [-0.25, -0.2) is 0 Å². The molecule has 1 aromatic carbocycles. The molecule has 5 nitrogen and oxygen atoms in total. The molecule has 114 valence electrons. The Morgan fingerprint density at radius 2 is 2.05 bits per heavy atom. The van der Waals surface area contributed by atoms with E-state index >= 15 is 0 Å². The number of anilines is 1. The van der Waals surface area contributed by atoms with Crippen molar-refractivity contribution in [2.45, 2.75) is 25.8 Å². The van der Waals surface area contributed by atoms with Crippen molar-refractivity contribution in [3.63, 3.8) is 0 Å². The highest BCUT2D eigenvalue weighted by atomic mass is 16.2. The minimum atomic E-state index is -0.210. The molecule has 1 aromatic rings. The molecule has 21 heavy (non-hydrogen) atoms. The normalized spacial score (nSPS) is 17.0. The lowest BCUT2D eigenvalue weighted by molar-refractivity contribution is -0.128. The maximum atomic E-state index is 12.4. The van der Waals surface area contributed by atoms with Gasteiger partial charge in [0.2, 0.25) is 11.8 Å². The molecule has 1 aliphatic rings.